The van der Waals surface area contributed by atoms with Gasteiger partial charge in [0.25, 0.3) is 5.91 Å². The Hall–Kier alpha value is -4.13. The van der Waals surface area contributed by atoms with Crippen LogP contribution in [0, 0.1) is 0 Å². The predicted molar refractivity (Wildman–Crippen MR) is 121 cm³/mol. The lowest BCUT2D eigenvalue weighted by atomic mass is 10.1. The van der Waals surface area contributed by atoms with Crippen LogP contribution in [-0.4, -0.2) is 30.6 Å². The first-order valence-electron chi connectivity index (χ1n) is 9.75. The zero-order chi connectivity index (χ0) is 22.0. The molecule has 1 aromatic heterocycles. The Kier molecular flexibility index (Phi) is 5.41. The van der Waals surface area contributed by atoms with Gasteiger partial charge in [-0.25, -0.2) is 9.78 Å². The summed E-state index contributed by atoms with van der Waals surface area (Å²) in [7, 11) is 1.31. The number of nitrogens with one attached hydrogen (secondary N) is 1. The molecule has 1 heterocycles. The number of aromatic nitrogens is 1. The van der Waals surface area contributed by atoms with Crippen molar-refractivity contribution in [2.75, 3.05) is 24.8 Å². The average molecular weight is 415 g/mol. The third kappa shape index (κ3) is 3.98. The lowest BCUT2D eigenvalue weighted by Gasteiger charge is -2.11. The van der Waals surface area contributed by atoms with Crippen LogP contribution in [0.15, 0.2) is 60.7 Å². The summed E-state index contributed by atoms with van der Waals surface area (Å²) in [6.07, 6.45) is 0. The van der Waals surface area contributed by atoms with E-state index in [2.05, 4.69) is 15.0 Å². The number of carbonyl (C=O) groups is 2. The maximum absolute atomic E-state index is 12.6. The molecule has 4 rings (SSSR count). The molecular formula is C24H21N3O4. The Balaban J connectivity index is 1.62. The number of methoxy groups -OCH3 is 1. The van der Waals surface area contributed by atoms with Gasteiger partial charge in [-0.2, -0.15) is 0 Å². The van der Waals surface area contributed by atoms with Gasteiger partial charge in [0.2, 0.25) is 0 Å². The highest BCUT2D eigenvalue weighted by Crippen LogP contribution is 2.32. The zero-order valence-corrected chi connectivity index (χ0v) is 17.1. The second-order valence-electron chi connectivity index (χ2n) is 6.89. The first kappa shape index (κ1) is 20.2. The van der Waals surface area contributed by atoms with E-state index in [4.69, 9.17) is 10.5 Å². The van der Waals surface area contributed by atoms with E-state index >= 15 is 0 Å². The van der Waals surface area contributed by atoms with Crippen molar-refractivity contribution in [2.45, 2.75) is 6.92 Å². The Labute approximate surface area is 178 Å². The van der Waals surface area contributed by atoms with Crippen molar-refractivity contribution in [1.82, 2.24) is 4.98 Å². The van der Waals surface area contributed by atoms with Crippen molar-refractivity contribution >= 4 is 45.1 Å². The second kappa shape index (κ2) is 8.31. The maximum atomic E-state index is 12.6. The fraction of sp³-hybridized carbons (Fsp3) is 0.125. The van der Waals surface area contributed by atoms with Gasteiger partial charge < -0.3 is 20.5 Å². The molecule has 0 saturated carbocycles. The number of pyridine rings is 1. The van der Waals surface area contributed by atoms with Crippen molar-refractivity contribution in [3.63, 3.8) is 0 Å². The fourth-order valence-corrected chi connectivity index (χ4v) is 3.37. The minimum absolute atomic E-state index is 0.300. The molecule has 31 heavy (non-hydrogen) atoms. The molecule has 156 valence electrons. The molecule has 0 aliphatic carbocycles. The van der Waals surface area contributed by atoms with Crippen LogP contribution in [0.5, 0.6) is 5.75 Å². The molecule has 1 amide bonds. The first-order valence-corrected chi connectivity index (χ1v) is 9.75. The summed E-state index contributed by atoms with van der Waals surface area (Å²) < 4.78 is 10.2. The van der Waals surface area contributed by atoms with E-state index in [9.17, 15) is 9.59 Å². The maximum Gasteiger partial charge on any atom is 0.337 e. The number of amides is 1. The molecule has 4 aromatic rings. The van der Waals surface area contributed by atoms with Gasteiger partial charge in [-0.3, -0.25) is 4.79 Å². The molecule has 0 radical (unpaired) electrons. The largest absolute Gasteiger partial charge is 0.494 e. The molecule has 0 spiro atoms. The molecule has 7 nitrogen and oxygen atoms in total. The van der Waals surface area contributed by atoms with Crippen LogP contribution in [0.3, 0.4) is 0 Å². The summed E-state index contributed by atoms with van der Waals surface area (Å²) in [5.74, 6) is -0.0124. The van der Waals surface area contributed by atoms with Crippen LogP contribution in [0.4, 0.5) is 11.4 Å². The molecule has 0 unspecified atom stereocenters. The molecule has 7 heteroatoms. The summed E-state index contributed by atoms with van der Waals surface area (Å²) in [5.41, 5.74) is 9.81. The summed E-state index contributed by atoms with van der Waals surface area (Å²) in [6.45, 7) is 2.50. The van der Waals surface area contributed by atoms with Gasteiger partial charge >= 0.3 is 5.97 Å². The average Bonchev–Trinajstić information content (AvgIpc) is 2.79. The summed E-state index contributed by atoms with van der Waals surface area (Å²) in [5, 5.41) is 4.46. The third-order valence-electron chi connectivity index (χ3n) is 4.92. The van der Waals surface area contributed by atoms with Gasteiger partial charge in [0.15, 0.2) is 0 Å². The molecule has 0 aliphatic rings. The summed E-state index contributed by atoms with van der Waals surface area (Å²) in [6, 6.07) is 17.2. The van der Waals surface area contributed by atoms with Gasteiger partial charge in [0, 0.05) is 22.0 Å². The van der Waals surface area contributed by atoms with E-state index in [-0.39, 0.29) is 5.91 Å². The van der Waals surface area contributed by atoms with Crippen LogP contribution in [-0.2, 0) is 4.74 Å². The topological polar surface area (TPSA) is 104 Å². The van der Waals surface area contributed by atoms with Crippen LogP contribution in [0.1, 0.15) is 27.6 Å². The van der Waals surface area contributed by atoms with Gasteiger partial charge in [-0.15, -0.1) is 0 Å². The predicted octanol–water partition coefficient (Wildman–Crippen LogP) is 4.41. The van der Waals surface area contributed by atoms with Crippen molar-refractivity contribution in [3.8, 4) is 5.75 Å². The molecule has 3 aromatic carbocycles. The van der Waals surface area contributed by atoms with E-state index in [0.29, 0.717) is 34.6 Å². The highest BCUT2D eigenvalue weighted by molar-refractivity contribution is 6.09. The van der Waals surface area contributed by atoms with Crippen LogP contribution in [0.25, 0.3) is 21.8 Å². The number of fused-ring (bicyclic) bond motifs is 2. The van der Waals surface area contributed by atoms with Gasteiger partial charge in [0.05, 0.1) is 36.0 Å². The smallest absolute Gasteiger partial charge is 0.337 e. The number of anilines is 2. The molecule has 0 bridgehead atoms. The number of nitrogen functional groups attached to an aromatic ring is 1. The number of esters is 1. The monoisotopic (exact) mass is 415 g/mol. The number of nitrogens with zero attached hydrogens (tertiary/aromatic N) is 1. The number of benzene rings is 3. The highest BCUT2D eigenvalue weighted by atomic mass is 16.5. The van der Waals surface area contributed by atoms with Crippen molar-refractivity contribution in [1.29, 1.82) is 0 Å². The third-order valence-corrected chi connectivity index (χ3v) is 4.92. The Bertz CT molecular complexity index is 1300. The molecule has 3 N–H and O–H groups in total. The Morgan fingerprint density at radius 3 is 2.39 bits per heavy atom. The van der Waals surface area contributed by atoms with Gasteiger partial charge in [-0.1, -0.05) is 0 Å². The summed E-state index contributed by atoms with van der Waals surface area (Å²) >= 11 is 0. The van der Waals surface area contributed by atoms with Crippen molar-refractivity contribution < 1.29 is 19.1 Å². The molecule has 0 aliphatic heterocycles. The number of nitrogens with two attached hydrogens (primary N) is 1. The molecule has 0 saturated heterocycles. The van der Waals surface area contributed by atoms with E-state index in [1.165, 1.54) is 7.11 Å². The van der Waals surface area contributed by atoms with Crippen LogP contribution >= 0.6 is 0 Å². The lowest BCUT2D eigenvalue weighted by molar-refractivity contribution is 0.0600. The molecule has 0 atom stereocenters. The Morgan fingerprint density at radius 2 is 1.68 bits per heavy atom. The van der Waals surface area contributed by atoms with Crippen LogP contribution in [0.2, 0.25) is 0 Å². The number of carbonyl (C=O) groups excluding carboxylic acids is 2. The van der Waals surface area contributed by atoms with E-state index in [0.717, 1.165) is 22.0 Å². The quantitative estimate of drug-likeness (QED) is 0.370. The lowest BCUT2D eigenvalue weighted by Crippen LogP contribution is -2.12. The molecular weight excluding hydrogens is 394 g/mol. The van der Waals surface area contributed by atoms with Gasteiger partial charge in [-0.05, 0) is 67.6 Å². The van der Waals surface area contributed by atoms with E-state index in [1.807, 2.05) is 31.2 Å². The number of hydrogen-bond acceptors (Lipinski definition) is 6. The molecule has 0 fully saturated rings. The highest BCUT2D eigenvalue weighted by Gasteiger charge is 2.12. The Morgan fingerprint density at radius 1 is 0.935 bits per heavy atom. The summed E-state index contributed by atoms with van der Waals surface area (Å²) in [4.78, 5) is 28.8. The number of rotatable bonds is 5. The SMILES string of the molecule is CCOc1ccc2nc3cc(NC(=O)c4ccc(C(=O)OC)cc4)ccc3c(N)c2c1. The fourth-order valence-electron chi connectivity index (χ4n) is 3.37. The van der Waals surface area contributed by atoms with E-state index in [1.54, 1.807) is 36.4 Å². The van der Waals surface area contributed by atoms with Crippen molar-refractivity contribution in [3.05, 3.63) is 71.8 Å². The minimum atomic E-state index is -0.453. The minimum Gasteiger partial charge on any atom is -0.494 e. The standard InChI is InChI=1S/C24H21N3O4/c1-3-31-17-9-11-20-19(13-17)22(25)18-10-8-16(12-21(18)27-20)26-23(28)14-4-6-15(7-5-14)24(29)30-2/h4-13H,3H2,1-2H3,(H2,25,27)(H,26,28). The second-order valence-corrected chi connectivity index (χ2v) is 6.89. The normalized spacial score (nSPS) is 10.8. The van der Waals surface area contributed by atoms with Gasteiger partial charge in [0.1, 0.15) is 5.75 Å². The number of hydrogen-bond donors (Lipinski definition) is 2. The van der Waals surface area contributed by atoms with E-state index < -0.39 is 5.97 Å². The number of ether oxygens (including phenoxy) is 2. The first-order chi connectivity index (χ1) is 15.0. The van der Waals surface area contributed by atoms with Crippen LogP contribution < -0.4 is 15.8 Å². The zero-order valence-electron chi connectivity index (χ0n) is 17.1. The van der Waals surface area contributed by atoms with Crippen molar-refractivity contribution in [2.24, 2.45) is 0 Å².